The number of rotatable bonds is 4. The first kappa shape index (κ1) is 12.5. The molecule has 1 aromatic heterocycles. The van der Waals surface area contributed by atoms with Crippen LogP contribution < -0.4 is 5.32 Å². The van der Waals surface area contributed by atoms with Gasteiger partial charge in [-0.3, -0.25) is 4.68 Å². The summed E-state index contributed by atoms with van der Waals surface area (Å²) in [7, 11) is 1.77. The Morgan fingerprint density at radius 3 is 2.60 bits per heavy atom. The van der Waals surface area contributed by atoms with Crippen molar-refractivity contribution in [3.05, 3.63) is 16.4 Å². The van der Waals surface area contributed by atoms with Crippen molar-refractivity contribution in [2.75, 3.05) is 6.54 Å². The molecule has 2 unspecified atom stereocenters. The zero-order valence-corrected chi connectivity index (χ0v) is 10.3. The van der Waals surface area contributed by atoms with Gasteiger partial charge in [0.1, 0.15) is 5.15 Å². The Balaban J connectivity index is 2.94. The minimum Gasteiger partial charge on any atom is -0.387 e. The average Bonchev–Trinajstić information content (AvgIpc) is 2.41. The van der Waals surface area contributed by atoms with Crippen molar-refractivity contribution < 1.29 is 5.11 Å². The Hall–Kier alpha value is -0.580. The number of likely N-dealkylation sites (N-methyl/N-ethyl adjacent to an activating group) is 1. The summed E-state index contributed by atoms with van der Waals surface area (Å²) in [4.78, 5) is 0. The fourth-order valence-corrected chi connectivity index (χ4v) is 1.95. The van der Waals surface area contributed by atoms with Crippen LogP contribution in [0.5, 0.6) is 0 Å². The normalized spacial score (nSPS) is 15.3. The van der Waals surface area contributed by atoms with E-state index in [0.29, 0.717) is 10.7 Å². The van der Waals surface area contributed by atoms with E-state index in [0.717, 1.165) is 12.2 Å². The minimum atomic E-state index is -0.619. The molecule has 0 saturated carbocycles. The van der Waals surface area contributed by atoms with Gasteiger partial charge >= 0.3 is 0 Å². The molecule has 0 aliphatic carbocycles. The third kappa shape index (κ3) is 2.51. The van der Waals surface area contributed by atoms with Crippen LogP contribution in [-0.4, -0.2) is 27.5 Å². The number of aryl methyl sites for hydroxylation is 2. The Morgan fingerprint density at radius 2 is 2.20 bits per heavy atom. The van der Waals surface area contributed by atoms with Gasteiger partial charge in [0.05, 0.1) is 11.8 Å². The van der Waals surface area contributed by atoms with Crippen molar-refractivity contribution in [1.82, 2.24) is 15.1 Å². The molecular formula is C10H18ClN3O. The van der Waals surface area contributed by atoms with Gasteiger partial charge in [-0.25, -0.2) is 0 Å². The first-order chi connectivity index (χ1) is 6.99. The van der Waals surface area contributed by atoms with Crippen LogP contribution in [0.15, 0.2) is 0 Å². The van der Waals surface area contributed by atoms with E-state index in [2.05, 4.69) is 10.4 Å². The Bertz CT molecular complexity index is 338. The molecule has 86 valence electrons. The lowest BCUT2D eigenvalue weighted by Gasteiger charge is -2.19. The number of nitrogens with zero attached hydrogens (tertiary/aromatic N) is 2. The highest BCUT2D eigenvalue weighted by atomic mass is 35.5. The van der Waals surface area contributed by atoms with Crippen molar-refractivity contribution in [2.45, 2.75) is 32.9 Å². The molecule has 0 bridgehead atoms. The summed E-state index contributed by atoms with van der Waals surface area (Å²) in [5.41, 5.74) is 1.49. The second kappa shape index (κ2) is 4.96. The third-order valence-electron chi connectivity index (χ3n) is 2.49. The molecule has 0 amide bonds. The SMILES string of the molecule is CCNC(C)C(O)c1c(C)nn(C)c1Cl. The Morgan fingerprint density at radius 1 is 1.60 bits per heavy atom. The van der Waals surface area contributed by atoms with Crippen molar-refractivity contribution in [3.63, 3.8) is 0 Å². The highest BCUT2D eigenvalue weighted by Gasteiger charge is 2.23. The van der Waals surface area contributed by atoms with Crippen LogP contribution in [0.4, 0.5) is 0 Å². The van der Waals surface area contributed by atoms with Crippen molar-refractivity contribution >= 4 is 11.6 Å². The summed E-state index contributed by atoms with van der Waals surface area (Å²) in [6.07, 6.45) is -0.619. The Kier molecular flexibility index (Phi) is 4.13. The molecule has 0 aromatic carbocycles. The van der Waals surface area contributed by atoms with E-state index in [1.807, 2.05) is 20.8 Å². The maximum atomic E-state index is 10.1. The lowest BCUT2D eigenvalue weighted by molar-refractivity contribution is 0.136. The van der Waals surface area contributed by atoms with Crippen LogP contribution in [0.2, 0.25) is 5.15 Å². The molecule has 1 rings (SSSR count). The molecule has 4 nitrogen and oxygen atoms in total. The molecular weight excluding hydrogens is 214 g/mol. The molecule has 5 heteroatoms. The quantitative estimate of drug-likeness (QED) is 0.824. The van der Waals surface area contributed by atoms with Crippen molar-refractivity contribution in [2.24, 2.45) is 7.05 Å². The van der Waals surface area contributed by atoms with Crippen LogP contribution in [0.3, 0.4) is 0 Å². The van der Waals surface area contributed by atoms with Crippen LogP contribution in [0.25, 0.3) is 0 Å². The number of halogens is 1. The minimum absolute atomic E-state index is 0.0320. The van der Waals surface area contributed by atoms with Gasteiger partial charge in [0.2, 0.25) is 0 Å². The predicted molar refractivity (Wildman–Crippen MR) is 61.1 cm³/mol. The van der Waals surface area contributed by atoms with Gasteiger partial charge in [0, 0.05) is 18.7 Å². The van der Waals surface area contributed by atoms with Gasteiger partial charge in [-0.05, 0) is 20.4 Å². The van der Waals surface area contributed by atoms with E-state index in [9.17, 15) is 5.11 Å². The van der Waals surface area contributed by atoms with Crippen LogP contribution >= 0.6 is 11.6 Å². The second-order valence-corrected chi connectivity index (χ2v) is 4.06. The highest BCUT2D eigenvalue weighted by Crippen LogP contribution is 2.27. The monoisotopic (exact) mass is 231 g/mol. The standard InChI is InChI=1S/C10H18ClN3O/c1-5-12-7(3)9(15)8-6(2)13-14(4)10(8)11/h7,9,12,15H,5H2,1-4H3. The average molecular weight is 232 g/mol. The van der Waals surface area contributed by atoms with Gasteiger partial charge in [-0.1, -0.05) is 18.5 Å². The molecule has 2 N–H and O–H groups in total. The molecule has 2 atom stereocenters. The van der Waals surface area contributed by atoms with Crippen LogP contribution in [-0.2, 0) is 7.05 Å². The summed E-state index contributed by atoms with van der Waals surface area (Å²) in [5, 5.41) is 17.9. The van der Waals surface area contributed by atoms with Gasteiger partial charge in [-0.2, -0.15) is 5.10 Å². The number of aromatic nitrogens is 2. The molecule has 1 aromatic rings. The predicted octanol–water partition coefficient (Wildman–Crippen LogP) is 1.41. The fraction of sp³-hybridized carbons (Fsp3) is 0.700. The van der Waals surface area contributed by atoms with E-state index < -0.39 is 6.10 Å². The third-order valence-corrected chi connectivity index (χ3v) is 2.94. The molecule has 0 fully saturated rings. The number of aliphatic hydroxyl groups is 1. The van der Waals surface area contributed by atoms with Crippen LogP contribution in [0.1, 0.15) is 31.2 Å². The molecule has 0 aliphatic heterocycles. The van der Waals surface area contributed by atoms with E-state index in [1.165, 1.54) is 0 Å². The van der Waals surface area contributed by atoms with E-state index in [1.54, 1.807) is 11.7 Å². The fourth-order valence-electron chi connectivity index (χ4n) is 1.67. The molecule has 15 heavy (non-hydrogen) atoms. The zero-order chi connectivity index (χ0) is 11.6. The first-order valence-corrected chi connectivity index (χ1v) is 5.47. The second-order valence-electron chi connectivity index (χ2n) is 3.70. The molecule has 0 radical (unpaired) electrons. The topological polar surface area (TPSA) is 50.1 Å². The van der Waals surface area contributed by atoms with Crippen molar-refractivity contribution in [3.8, 4) is 0 Å². The number of hydrogen-bond donors (Lipinski definition) is 2. The van der Waals surface area contributed by atoms with Gasteiger partial charge in [0.15, 0.2) is 0 Å². The van der Waals surface area contributed by atoms with Gasteiger partial charge < -0.3 is 10.4 Å². The maximum Gasteiger partial charge on any atom is 0.132 e. The van der Waals surface area contributed by atoms with E-state index >= 15 is 0 Å². The Labute approximate surface area is 95.2 Å². The lowest BCUT2D eigenvalue weighted by Crippen LogP contribution is -2.32. The summed E-state index contributed by atoms with van der Waals surface area (Å²) < 4.78 is 1.58. The van der Waals surface area contributed by atoms with E-state index in [4.69, 9.17) is 11.6 Å². The first-order valence-electron chi connectivity index (χ1n) is 5.09. The molecule has 0 saturated heterocycles. The summed E-state index contributed by atoms with van der Waals surface area (Å²) in [6.45, 7) is 6.59. The number of aliphatic hydroxyl groups excluding tert-OH is 1. The van der Waals surface area contributed by atoms with Gasteiger partial charge in [-0.15, -0.1) is 0 Å². The van der Waals surface area contributed by atoms with E-state index in [-0.39, 0.29) is 6.04 Å². The van der Waals surface area contributed by atoms with Gasteiger partial charge in [0.25, 0.3) is 0 Å². The zero-order valence-electron chi connectivity index (χ0n) is 9.58. The molecule has 0 aliphatic rings. The van der Waals surface area contributed by atoms with Crippen LogP contribution in [0, 0.1) is 6.92 Å². The molecule has 1 heterocycles. The molecule has 0 spiro atoms. The number of hydrogen-bond acceptors (Lipinski definition) is 3. The summed E-state index contributed by atoms with van der Waals surface area (Å²) >= 11 is 6.07. The number of nitrogens with one attached hydrogen (secondary N) is 1. The van der Waals surface area contributed by atoms with Crippen molar-refractivity contribution in [1.29, 1.82) is 0 Å². The summed E-state index contributed by atoms with van der Waals surface area (Å²) in [5.74, 6) is 0. The summed E-state index contributed by atoms with van der Waals surface area (Å²) in [6, 6.07) is -0.0320. The highest BCUT2D eigenvalue weighted by molar-refractivity contribution is 6.30. The lowest BCUT2D eigenvalue weighted by atomic mass is 10.0. The smallest absolute Gasteiger partial charge is 0.132 e. The largest absolute Gasteiger partial charge is 0.387 e. The maximum absolute atomic E-state index is 10.1.